The monoisotopic (exact) mass is 509 g/mol. The van der Waals surface area contributed by atoms with Crippen LogP contribution in [0.25, 0.3) is 33.9 Å². The second-order valence-electron chi connectivity index (χ2n) is 8.87. The van der Waals surface area contributed by atoms with Gasteiger partial charge in [0.2, 0.25) is 11.8 Å². The molecule has 188 valence electrons. The van der Waals surface area contributed by atoms with E-state index >= 15 is 0 Å². The van der Waals surface area contributed by atoms with E-state index in [4.69, 9.17) is 13.3 Å². The van der Waals surface area contributed by atoms with Crippen molar-refractivity contribution in [3.8, 4) is 28.7 Å². The molecule has 4 aromatic heterocycles. The Bertz CT molecular complexity index is 1710. The van der Waals surface area contributed by atoms with E-state index in [1.54, 1.807) is 36.5 Å². The second-order valence-corrected chi connectivity index (χ2v) is 8.87. The van der Waals surface area contributed by atoms with Crippen LogP contribution in [0.1, 0.15) is 45.5 Å². The predicted octanol–water partition coefficient (Wildman–Crippen LogP) is 5.58. The van der Waals surface area contributed by atoms with Crippen molar-refractivity contribution in [3.05, 3.63) is 71.7 Å². The van der Waals surface area contributed by atoms with Gasteiger partial charge in [-0.05, 0) is 24.5 Å². The van der Waals surface area contributed by atoms with Crippen LogP contribution in [0.3, 0.4) is 0 Å². The number of nitrogens with zero attached hydrogens (tertiary/aromatic N) is 6. The van der Waals surface area contributed by atoms with E-state index in [0.29, 0.717) is 40.0 Å². The van der Waals surface area contributed by atoms with Gasteiger partial charge in [0.25, 0.3) is 0 Å². The number of halogens is 3. The smallest absolute Gasteiger partial charge is 0.434 e. The normalized spacial score (nSPS) is 15.4. The number of aryl methyl sites for hydroxylation is 1. The van der Waals surface area contributed by atoms with E-state index in [9.17, 15) is 13.2 Å². The number of ether oxygens (including phenoxy) is 1. The molecule has 0 unspecified atom stereocenters. The van der Waals surface area contributed by atoms with Gasteiger partial charge in [-0.25, -0.2) is 19.9 Å². The number of hydrogen-bond acceptors (Lipinski definition) is 7. The minimum absolute atomic E-state index is 0.128. The lowest BCUT2D eigenvalue weighted by Crippen LogP contribution is -2.04. The van der Waals surface area contributed by atoms with E-state index in [-0.39, 0.29) is 23.5 Å². The SMILES string of the molecule is [2H]C([2H])([2H])Oc1ncnc(C2CC2)c1-c1nc2ccnc(Cc3ccc(-c4nc(C(F)(F)F)cn4C)cc3)c2o1. The van der Waals surface area contributed by atoms with Gasteiger partial charge in [0.05, 0.1) is 22.5 Å². The van der Waals surface area contributed by atoms with E-state index in [1.807, 2.05) is 0 Å². The molecule has 1 aromatic carbocycles. The molecule has 0 N–H and O–H groups in total. The van der Waals surface area contributed by atoms with E-state index < -0.39 is 18.9 Å². The number of fused-ring (bicyclic) bond motifs is 1. The summed E-state index contributed by atoms with van der Waals surface area (Å²) in [6, 6.07) is 8.65. The van der Waals surface area contributed by atoms with Gasteiger partial charge in [-0.1, -0.05) is 24.3 Å². The van der Waals surface area contributed by atoms with Gasteiger partial charge in [0.15, 0.2) is 11.3 Å². The maximum Gasteiger partial charge on any atom is 0.434 e. The summed E-state index contributed by atoms with van der Waals surface area (Å²) in [4.78, 5) is 21.2. The fraction of sp³-hybridized carbons (Fsp3) is 0.269. The van der Waals surface area contributed by atoms with Crippen LogP contribution in [-0.4, -0.2) is 36.5 Å². The maximum atomic E-state index is 13.1. The number of methoxy groups -OCH3 is 1. The predicted molar refractivity (Wildman–Crippen MR) is 128 cm³/mol. The topological polar surface area (TPSA) is 91.8 Å². The Balaban J connectivity index is 1.33. The molecule has 8 nitrogen and oxygen atoms in total. The Labute approximate surface area is 213 Å². The Morgan fingerprint density at radius 2 is 1.92 bits per heavy atom. The number of pyridine rings is 1. The summed E-state index contributed by atoms with van der Waals surface area (Å²) in [7, 11) is -1.21. The molecule has 0 spiro atoms. The maximum absolute atomic E-state index is 13.1. The fourth-order valence-corrected chi connectivity index (χ4v) is 4.30. The van der Waals surface area contributed by atoms with E-state index in [2.05, 4.69) is 24.9 Å². The van der Waals surface area contributed by atoms with Crippen molar-refractivity contribution in [2.75, 3.05) is 7.04 Å². The van der Waals surface area contributed by atoms with Crippen molar-refractivity contribution in [3.63, 3.8) is 0 Å². The molecule has 0 aliphatic heterocycles. The highest BCUT2D eigenvalue weighted by Gasteiger charge is 2.35. The summed E-state index contributed by atoms with van der Waals surface area (Å²) < 4.78 is 74.4. The highest BCUT2D eigenvalue weighted by molar-refractivity contribution is 5.79. The summed E-state index contributed by atoms with van der Waals surface area (Å²) in [5, 5.41) is 0. The van der Waals surface area contributed by atoms with Crippen LogP contribution >= 0.6 is 0 Å². The third-order valence-electron chi connectivity index (χ3n) is 6.25. The van der Waals surface area contributed by atoms with Gasteiger partial charge in [0, 0.05) is 37.3 Å². The molecule has 11 heteroatoms. The molecule has 6 rings (SSSR count). The summed E-state index contributed by atoms with van der Waals surface area (Å²) in [6.07, 6.45) is 1.43. The van der Waals surface area contributed by atoms with Crippen LogP contribution in [0.4, 0.5) is 13.2 Å². The van der Waals surface area contributed by atoms with Crippen molar-refractivity contribution in [2.24, 2.45) is 7.05 Å². The summed E-state index contributed by atoms with van der Waals surface area (Å²) in [5.74, 6) is 0.340. The van der Waals surface area contributed by atoms with Crippen molar-refractivity contribution >= 4 is 11.1 Å². The molecular formula is C26H21F3N6O2. The zero-order valence-electron chi connectivity index (χ0n) is 22.5. The van der Waals surface area contributed by atoms with Crippen LogP contribution in [0.2, 0.25) is 0 Å². The molecule has 0 bridgehead atoms. The molecule has 1 aliphatic carbocycles. The van der Waals surface area contributed by atoms with Gasteiger partial charge in [0.1, 0.15) is 23.2 Å². The van der Waals surface area contributed by atoms with Crippen LogP contribution in [0.15, 0.2) is 53.5 Å². The minimum atomic E-state index is -4.53. The van der Waals surface area contributed by atoms with Crippen molar-refractivity contribution in [2.45, 2.75) is 31.4 Å². The number of hydrogen-bond donors (Lipinski definition) is 0. The average Bonchev–Trinajstić information content (AvgIpc) is 3.51. The largest absolute Gasteiger partial charge is 0.480 e. The number of aromatic nitrogens is 6. The molecule has 0 radical (unpaired) electrons. The number of oxazole rings is 1. The number of imidazole rings is 1. The Morgan fingerprint density at radius 3 is 2.62 bits per heavy atom. The van der Waals surface area contributed by atoms with Crippen molar-refractivity contribution in [1.82, 2.24) is 29.5 Å². The third kappa shape index (κ3) is 4.30. The molecule has 1 saturated carbocycles. The van der Waals surface area contributed by atoms with Gasteiger partial charge >= 0.3 is 6.18 Å². The number of benzene rings is 1. The van der Waals surface area contributed by atoms with Crippen LogP contribution < -0.4 is 4.74 Å². The third-order valence-corrected chi connectivity index (χ3v) is 6.25. The van der Waals surface area contributed by atoms with E-state index in [0.717, 1.165) is 24.6 Å². The minimum Gasteiger partial charge on any atom is -0.480 e. The highest BCUT2D eigenvalue weighted by Crippen LogP contribution is 2.45. The summed E-state index contributed by atoms with van der Waals surface area (Å²) in [6.45, 7) is 0. The molecule has 37 heavy (non-hydrogen) atoms. The molecule has 5 aromatic rings. The van der Waals surface area contributed by atoms with Gasteiger partial charge < -0.3 is 13.7 Å². The first-order chi connectivity index (χ1) is 19.0. The zero-order valence-corrected chi connectivity index (χ0v) is 19.5. The van der Waals surface area contributed by atoms with Gasteiger partial charge in [-0.3, -0.25) is 4.98 Å². The second kappa shape index (κ2) is 8.68. The van der Waals surface area contributed by atoms with Gasteiger partial charge in [-0.2, -0.15) is 13.2 Å². The van der Waals surface area contributed by atoms with E-state index in [1.165, 1.54) is 17.9 Å². The molecular weight excluding hydrogens is 485 g/mol. The molecule has 1 fully saturated rings. The lowest BCUT2D eigenvalue weighted by molar-refractivity contribution is -0.140. The lowest BCUT2D eigenvalue weighted by Gasteiger charge is -2.08. The molecule has 4 heterocycles. The summed E-state index contributed by atoms with van der Waals surface area (Å²) >= 11 is 0. The lowest BCUT2D eigenvalue weighted by atomic mass is 10.1. The highest BCUT2D eigenvalue weighted by atomic mass is 19.4. The summed E-state index contributed by atoms with van der Waals surface area (Å²) in [5.41, 5.74) is 2.83. The molecule has 0 amide bonds. The first kappa shape index (κ1) is 19.9. The standard InChI is InChI=1S/C26H21F3N6O2/c1-35-12-19(26(27,28)29)34-23(35)16-5-3-14(4-6-16)11-18-22-17(9-10-30-18)33-25(37-22)20-21(15-7-8-15)31-13-32-24(20)36-2/h3-6,9-10,12-13,15H,7-8,11H2,1-2H3/i2D3. The van der Waals surface area contributed by atoms with Crippen LogP contribution in [0, 0.1) is 0 Å². The Hall–Kier alpha value is -4.28. The molecule has 0 atom stereocenters. The van der Waals surface area contributed by atoms with Crippen LogP contribution in [-0.2, 0) is 19.6 Å². The Morgan fingerprint density at radius 1 is 1.11 bits per heavy atom. The van der Waals surface area contributed by atoms with Gasteiger partial charge in [-0.15, -0.1) is 0 Å². The van der Waals surface area contributed by atoms with Crippen molar-refractivity contribution in [1.29, 1.82) is 0 Å². The first-order valence-corrected chi connectivity index (χ1v) is 11.4. The number of alkyl halides is 3. The number of rotatable bonds is 6. The average molecular weight is 510 g/mol. The van der Waals surface area contributed by atoms with Crippen molar-refractivity contribution < 1.29 is 26.4 Å². The quantitative estimate of drug-likeness (QED) is 0.295. The van der Waals surface area contributed by atoms with Crippen LogP contribution in [0.5, 0.6) is 5.88 Å². The first-order valence-electron chi connectivity index (χ1n) is 12.9. The fourth-order valence-electron chi connectivity index (χ4n) is 4.30. The Kier molecular flexibility index (Phi) is 4.66. The molecule has 0 saturated heterocycles. The zero-order chi connectivity index (χ0) is 28.2. The molecule has 1 aliphatic rings.